The molecule has 2 aromatic carbocycles. The molecule has 0 radical (unpaired) electrons. The number of sulfonamides is 1. The van der Waals surface area contributed by atoms with Gasteiger partial charge >= 0.3 is 12.1 Å². The first-order valence-electron chi connectivity index (χ1n) is 9.59. The Morgan fingerprint density at radius 3 is 2.53 bits per heavy atom. The Bertz CT molecular complexity index is 1000. The van der Waals surface area contributed by atoms with Crippen LogP contribution in [0.2, 0.25) is 0 Å². The summed E-state index contributed by atoms with van der Waals surface area (Å²) in [5.74, 6) is -1.99. The minimum absolute atomic E-state index is 0.140. The topological polar surface area (TPSA) is 66.5 Å². The Labute approximate surface area is 173 Å². The van der Waals surface area contributed by atoms with E-state index in [4.69, 9.17) is 0 Å². The summed E-state index contributed by atoms with van der Waals surface area (Å²) in [7, 11) is -3.89. The van der Waals surface area contributed by atoms with Crippen LogP contribution in [0.5, 0.6) is 0 Å². The van der Waals surface area contributed by atoms with Gasteiger partial charge in [-0.2, -0.15) is 17.5 Å². The van der Waals surface area contributed by atoms with Gasteiger partial charge in [-0.05, 0) is 55.9 Å². The molecular formula is C21H23F3N2O3S. The average molecular weight is 440 g/mol. The SMILES string of the molecule is Cc1ccc(CC2CCCN(S(=O)(=O)c3cccc(NC(=O)C(F)(F)F)c3)C2)cc1. The van der Waals surface area contributed by atoms with Crippen molar-refractivity contribution in [1.82, 2.24) is 4.31 Å². The Morgan fingerprint density at radius 1 is 1.17 bits per heavy atom. The van der Waals surface area contributed by atoms with E-state index in [1.807, 2.05) is 31.2 Å². The normalized spacial score (nSPS) is 18.2. The van der Waals surface area contributed by atoms with Crippen LogP contribution in [0.3, 0.4) is 0 Å². The third-order valence-corrected chi connectivity index (χ3v) is 6.97. The fraction of sp³-hybridized carbons (Fsp3) is 0.381. The van der Waals surface area contributed by atoms with E-state index < -0.39 is 22.1 Å². The van der Waals surface area contributed by atoms with Crippen molar-refractivity contribution in [2.45, 2.75) is 37.3 Å². The monoisotopic (exact) mass is 440 g/mol. The molecule has 5 nitrogen and oxygen atoms in total. The summed E-state index contributed by atoms with van der Waals surface area (Å²) >= 11 is 0. The lowest BCUT2D eigenvalue weighted by Crippen LogP contribution is -2.40. The highest BCUT2D eigenvalue weighted by Crippen LogP contribution is 2.28. The molecule has 162 valence electrons. The lowest BCUT2D eigenvalue weighted by Gasteiger charge is -2.32. The average Bonchev–Trinajstić information content (AvgIpc) is 2.69. The Hall–Kier alpha value is -2.39. The van der Waals surface area contributed by atoms with Crippen LogP contribution >= 0.6 is 0 Å². The van der Waals surface area contributed by atoms with Crippen molar-refractivity contribution in [3.05, 3.63) is 59.7 Å². The Balaban J connectivity index is 1.73. The summed E-state index contributed by atoms with van der Waals surface area (Å²) in [6.07, 6.45) is -2.68. The van der Waals surface area contributed by atoms with E-state index >= 15 is 0 Å². The van der Waals surface area contributed by atoms with Crippen molar-refractivity contribution in [1.29, 1.82) is 0 Å². The van der Waals surface area contributed by atoms with Crippen LogP contribution in [-0.2, 0) is 21.2 Å². The smallest absolute Gasteiger partial charge is 0.318 e. The third-order valence-electron chi connectivity index (χ3n) is 5.11. The minimum atomic E-state index is -5.05. The lowest BCUT2D eigenvalue weighted by molar-refractivity contribution is -0.167. The van der Waals surface area contributed by atoms with Gasteiger partial charge in [0.1, 0.15) is 0 Å². The van der Waals surface area contributed by atoms with Gasteiger partial charge in [-0.1, -0.05) is 35.9 Å². The molecule has 9 heteroatoms. The third kappa shape index (κ3) is 5.40. The number of nitrogens with one attached hydrogen (secondary N) is 1. The number of alkyl halides is 3. The van der Waals surface area contributed by atoms with Crippen LogP contribution in [0.25, 0.3) is 0 Å². The molecule has 1 aliphatic rings. The lowest BCUT2D eigenvalue weighted by atomic mass is 9.92. The first-order chi connectivity index (χ1) is 14.1. The highest BCUT2D eigenvalue weighted by molar-refractivity contribution is 7.89. The quantitative estimate of drug-likeness (QED) is 0.760. The zero-order valence-corrected chi connectivity index (χ0v) is 17.3. The van der Waals surface area contributed by atoms with Crippen molar-refractivity contribution in [3.8, 4) is 0 Å². The second-order valence-electron chi connectivity index (χ2n) is 7.54. The molecule has 0 saturated carbocycles. The largest absolute Gasteiger partial charge is 0.471 e. The highest BCUT2D eigenvalue weighted by Gasteiger charge is 2.39. The molecule has 1 aliphatic heterocycles. The fourth-order valence-corrected chi connectivity index (χ4v) is 5.16. The van der Waals surface area contributed by atoms with Crippen LogP contribution < -0.4 is 5.32 Å². The maximum Gasteiger partial charge on any atom is 0.471 e. The molecule has 1 unspecified atom stereocenters. The number of piperidine rings is 1. The van der Waals surface area contributed by atoms with Gasteiger partial charge in [0, 0.05) is 18.8 Å². The summed E-state index contributed by atoms with van der Waals surface area (Å²) in [5.41, 5.74) is 2.08. The number of rotatable bonds is 5. The van der Waals surface area contributed by atoms with Gasteiger partial charge in [0.2, 0.25) is 10.0 Å². The zero-order valence-electron chi connectivity index (χ0n) is 16.4. The Kier molecular flexibility index (Phi) is 6.52. The van der Waals surface area contributed by atoms with Gasteiger partial charge < -0.3 is 5.32 Å². The molecule has 1 N–H and O–H groups in total. The highest BCUT2D eigenvalue weighted by atomic mass is 32.2. The van der Waals surface area contributed by atoms with Crippen LogP contribution in [0.1, 0.15) is 24.0 Å². The molecule has 0 bridgehead atoms. The predicted molar refractivity (Wildman–Crippen MR) is 107 cm³/mol. The van der Waals surface area contributed by atoms with Crippen LogP contribution in [0.4, 0.5) is 18.9 Å². The molecular weight excluding hydrogens is 417 g/mol. The standard InChI is InChI=1S/C21H23F3N2O3S/c1-15-7-9-16(10-8-15)12-17-4-3-11-26(14-17)30(28,29)19-6-2-5-18(13-19)25-20(27)21(22,23)24/h2,5-10,13,17H,3-4,11-12,14H2,1H3,(H,25,27). The number of carbonyl (C=O) groups excluding carboxylic acids is 1. The van der Waals surface area contributed by atoms with E-state index in [1.54, 1.807) is 5.32 Å². The predicted octanol–water partition coefficient (Wildman–Crippen LogP) is 4.14. The molecule has 2 aromatic rings. The zero-order chi connectivity index (χ0) is 21.9. The number of hydrogen-bond acceptors (Lipinski definition) is 3. The van der Waals surface area contributed by atoms with E-state index in [1.165, 1.54) is 22.5 Å². The van der Waals surface area contributed by atoms with E-state index in [0.717, 1.165) is 30.0 Å². The molecule has 0 spiro atoms. The number of carbonyl (C=O) groups is 1. The van der Waals surface area contributed by atoms with Gasteiger partial charge in [-0.25, -0.2) is 8.42 Å². The number of nitrogens with zero attached hydrogens (tertiary/aromatic N) is 1. The fourth-order valence-electron chi connectivity index (χ4n) is 3.55. The second-order valence-corrected chi connectivity index (χ2v) is 9.48. The molecule has 0 aromatic heterocycles. The summed E-state index contributed by atoms with van der Waals surface area (Å²) in [6, 6.07) is 13.0. The number of halogens is 3. The second kappa shape index (κ2) is 8.77. The molecule has 1 amide bonds. The van der Waals surface area contributed by atoms with Crippen molar-refractivity contribution in [2.24, 2.45) is 5.92 Å². The number of benzene rings is 2. The molecule has 1 heterocycles. The number of hydrogen-bond donors (Lipinski definition) is 1. The molecule has 1 saturated heterocycles. The van der Waals surface area contributed by atoms with E-state index in [2.05, 4.69) is 0 Å². The van der Waals surface area contributed by atoms with Gasteiger partial charge in [-0.3, -0.25) is 4.79 Å². The Morgan fingerprint density at radius 2 is 1.87 bits per heavy atom. The first-order valence-corrected chi connectivity index (χ1v) is 11.0. The number of amides is 1. The summed E-state index contributed by atoms with van der Waals surface area (Å²) in [6.45, 7) is 2.70. The van der Waals surface area contributed by atoms with Gasteiger partial charge in [0.05, 0.1) is 4.90 Å². The van der Waals surface area contributed by atoms with E-state index in [-0.39, 0.29) is 16.5 Å². The van der Waals surface area contributed by atoms with Gasteiger partial charge in [-0.15, -0.1) is 0 Å². The maximum absolute atomic E-state index is 13.1. The first kappa shape index (κ1) is 22.3. The molecule has 1 fully saturated rings. The molecule has 0 aliphatic carbocycles. The van der Waals surface area contributed by atoms with Gasteiger partial charge in [0.15, 0.2) is 0 Å². The van der Waals surface area contributed by atoms with Crippen LogP contribution in [-0.4, -0.2) is 37.9 Å². The number of anilines is 1. The van der Waals surface area contributed by atoms with Crippen molar-refractivity contribution >= 4 is 21.6 Å². The van der Waals surface area contributed by atoms with Crippen LogP contribution in [0.15, 0.2) is 53.4 Å². The summed E-state index contributed by atoms with van der Waals surface area (Å²) < 4.78 is 64.9. The van der Waals surface area contributed by atoms with Crippen molar-refractivity contribution < 1.29 is 26.4 Å². The molecule has 30 heavy (non-hydrogen) atoms. The van der Waals surface area contributed by atoms with Crippen LogP contribution in [0, 0.1) is 12.8 Å². The van der Waals surface area contributed by atoms with Gasteiger partial charge in [0.25, 0.3) is 0 Å². The van der Waals surface area contributed by atoms with Crippen molar-refractivity contribution in [3.63, 3.8) is 0 Å². The van der Waals surface area contributed by atoms with E-state index in [0.29, 0.717) is 19.5 Å². The van der Waals surface area contributed by atoms with Crippen molar-refractivity contribution in [2.75, 3.05) is 18.4 Å². The summed E-state index contributed by atoms with van der Waals surface area (Å²) in [5, 5.41) is 1.70. The number of aryl methyl sites for hydroxylation is 1. The molecule has 3 rings (SSSR count). The maximum atomic E-state index is 13.1. The minimum Gasteiger partial charge on any atom is -0.318 e. The molecule has 1 atom stereocenters. The van der Waals surface area contributed by atoms with E-state index in [9.17, 15) is 26.4 Å². The summed E-state index contributed by atoms with van der Waals surface area (Å²) in [4.78, 5) is 11.0.